The number of rotatable bonds is 7. The number of benzene rings is 1. The number of hydrogen-bond acceptors (Lipinski definition) is 2. The molecule has 0 aliphatic carbocycles. The topological polar surface area (TPSA) is 42.0 Å². The minimum absolute atomic E-state index is 0.0645. The summed E-state index contributed by atoms with van der Waals surface area (Å²) in [6.45, 7) is 9.67. The average Bonchev–Trinajstić information content (AvgIpc) is 2.61. The van der Waals surface area contributed by atoms with Crippen LogP contribution in [0, 0.1) is 19.7 Å². The molecule has 4 heteroatoms. The first-order valence-electron chi connectivity index (χ1n) is 9.52. The highest BCUT2D eigenvalue weighted by Gasteiger charge is 2.22. The normalized spacial score (nSPS) is 10.8. The van der Waals surface area contributed by atoms with Gasteiger partial charge in [0, 0.05) is 16.9 Å². The highest BCUT2D eigenvalue weighted by Crippen LogP contribution is 2.26. The number of unbranched alkanes of at least 4 members (excludes halogenated alkanes) is 1. The highest BCUT2D eigenvalue weighted by atomic mass is 19.1. The fourth-order valence-electron chi connectivity index (χ4n) is 3.33. The van der Waals surface area contributed by atoms with Crippen molar-refractivity contribution in [3.63, 3.8) is 0 Å². The fraction of sp³-hybridized carbons (Fsp3) is 0.455. The lowest BCUT2D eigenvalue weighted by atomic mass is 10.00. The number of carbonyl (C=O) groups excluding carboxylic acids is 1. The number of aryl methyl sites for hydroxylation is 4. The molecule has 0 aliphatic heterocycles. The van der Waals surface area contributed by atoms with Gasteiger partial charge in [0.05, 0.1) is 11.3 Å². The van der Waals surface area contributed by atoms with Gasteiger partial charge < -0.3 is 5.32 Å². The van der Waals surface area contributed by atoms with Gasteiger partial charge in [-0.2, -0.15) is 0 Å². The van der Waals surface area contributed by atoms with Crippen LogP contribution in [0.3, 0.4) is 0 Å². The number of amides is 1. The first kappa shape index (κ1) is 20.1. The number of pyridine rings is 1. The van der Waals surface area contributed by atoms with E-state index in [2.05, 4.69) is 17.2 Å². The summed E-state index contributed by atoms with van der Waals surface area (Å²) in [5, 5.41) is 2.96. The van der Waals surface area contributed by atoms with Gasteiger partial charge in [-0.25, -0.2) is 4.39 Å². The lowest BCUT2D eigenvalue weighted by molar-refractivity contribution is 0.102. The molecule has 3 nitrogen and oxygen atoms in total. The number of aromatic nitrogens is 1. The second-order valence-electron chi connectivity index (χ2n) is 6.67. The van der Waals surface area contributed by atoms with E-state index in [1.165, 1.54) is 0 Å². The first-order chi connectivity index (χ1) is 12.4. The van der Waals surface area contributed by atoms with Crippen LogP contribution < -0.4 is 5.32 Å². The third-order valence-corrected chi connectivity index (χ3v) is 4.86. The summed E-state index contributed by atoms with van der Waals surface area (Å²) in [7, 11) is 0. The number of nitrogens with zero attached hydrogens (tertiary/aromatic N) is 1. The summed E-state index contributed by atoms with van der Waals surface area (Å²) in [5.74, 6) is -0.839. The van der Waals surface area contributed by atoms with Crippen LogP contribution in [-0.4, -0.2) is 10.9 Å². The molecule has 0 saturated carbocycles. The molecule has 0 bridgehead atoms. The second kappa shape index (κ2) is 8.93. The van der Waals surface area contributed by atoms with Crippen LogP contribution in [0.25, 0.3) is 0 Å². The number of anilines is 1. The third kappa shape index (κ3) is 4.12. The Morgan fingerprint density at radius 2 is 1.69 bits per heavy atom. The van der Waals surface area contributed by atoms with Crippen molar-refractivity contribution in [1.82, 2.24) is 4.98 Å². The molecule has 0 unspecified atom stereocenters. The molecule has 0 saturated heterocycles. The van der Waals surface area contributed by atoms with E-state index in [0.29, 0.717) is 23.4 Å². The van der Waals surface area contributed by atoms with Gasteiger partial charge in [0.1, 0.15) is 5.82 Å². The SMILES string of the molecule is CCCCc1c(C)nc(C)c(C(=O)Nc2c(CC)cccc2CC)c1F. The van der Waals surface area contributed by atoms with Crippen LogP contribution in [0.1, 0.15) is 72.0 Å². The molecule has 140 valence electrons. The lowest BCUT2D eigenvalue weighted by Gasteiger charge is -2.17. The van der Waals surface area contributed by atoms with Crippen LogP contribution in [-0.2, 0) is 19.3 Å². The van der Waals surface area contributed by atoms with E-state index in [1.807, 2.05) is 39.0 Å². The highest BCUT2D eigenvalue weighted by molar-refractivity contribution is 6.06. The molecule has 0 fully saturated rings. The molecular formula is C22H29FN2O. The average molecular weight is 356 g/mol. The largest absolute Gasteiger partial charge is 0.321 e. The van der Waals surface area contributed by atoms with Crippen molar-refractivity contribution >= 4 is 11.6 Å². The molecule has 26 heavy (non-hydrogen) atoms. The molecule has 0 spiro atoms. The predicted octanol–water partition coefficient (Wildman–Crippen LogP) is 5.56. The van der Waals surface area contributed by atoms with Crippen LogP contribution in [0.5, 0.6) is 0 Å². The summed E-state index contributed by atoms with van der Waals surface area (Å²) in [5.41, 5.74) is 4.65. The van der Waals surface area contributed by atoms with E-state index >= 15 is 4.39 Å². The summed E-state index contributed by atoms with van der Waals surface area (Å²) in [6, 6.07) is 5.99. The predicted molar refractivity (Wildman–Crippen MR) is 105 cm³/mol. The van der Waals surface area contributed by atoms with Crippen LogP contribution >= 0.6 is 0 Å². The van der Waals surface area contributed by atoms with Gasteiger partial charge in [-0.05, 0) is 50.7 Å². The third-order valence-electron chi connectivity index (χ3n) is 4.86. The minimum atomic E-state index is -0.423. The van der Waals surface area contributed by atoms with Crippen molar-refractivity contribution < 1.29 is 9.18 Å². The van der Waals surface area contributed by atoms with Crippen LogP contribution in [0.15, 0.2) is 18.2 Å². The van der Waals surface area contributed by atoms with Gasteiger partial charge in [-0.3, -0.25) is 9.78 Å². The van der Waals surface area contributed by atoms with Crippen molar-refractivity contribution in [1.29, 1.82) is 0 Å². The molecule has 0 radical (unpaired) electrons. The Morgan fingerprint density at radius 3 is 2.23 bits per heavy atom. The Kier molecular flexibility index (Phi) is 6.90. The first-order valence-corrected chi connectivity index (χ1v) is 9.52. The summed E-state index contributed by atoms with van der Waals surface area (Å²) in [4.78, 5) is 17.4. The Bertz CT molecular complexity index is 777. The number of hydrogen-bond donors (Lipinski definition) is 1. The van der Waals surface area contributed by atoms with Crippen molar-refractivity contribution in [2.24, 2.45) is 0 Å². The maximum Gasteiger partial charge on any atom is 0.260 e. The summed E-state index contributed by atoms with van der Waals surface area (Å²) >= 11 is 0. The second-order valence-corrected chi connectivity index (χ2v) is 6.67. The Morgan fingerprint density at radius 1 is 1.08 bits per heavy atom. The molecule has 0 aliphatic rings. The molecule has 1 N–H and O–H groups in total. The van der Waals surface area contributed by atoms with E-state index < -0.39 is 11.7 Å². The molecule has 1 amide bonds. The van der Waals surface area contributed by atoms with E-state index in [1.54, 1.807) is 6.92 Å². The van der Waals surface area contributed by atoms with Gasteiger partial charge in [0.2, 0.25) is 0 Å². The summed E-state index contributed by atoms with van der Waals surface area (Å²) in [6.07, 6.45) is 4.06. The number of nitrogens with one attached hydrogen (secondary N) is 1. The molecule has 0 atom stereocenters. The van der Waals surface area contributed by atoms with Crippen molar-refractivity contribution in [3.8, 4) is 0 Å². The quantitative estimate of drug-likeness (QED) is 0.706. The van der Waals surface area contributed by atoms with Gasteiger partial charge in [0.15, 0.2) is 0 Å². The van der Waals surface area contributed by atoms with Crippen molar-refractivity contribution in [2.75, 3.05) is 5.32 Å². The number of carbonyl (C=O) groups is 1. The van der Waals surface area contributed by atoms with Gasteiger partial charge in [0.25, 0.3) is 5.91 Å². The van der Waals surface area contributed by atoms with Crippen molar-refractivity contribution in [2.45, 2.75) is 66.7 Å². The van der Waals surface area contributed by atoms with Crippen LogP contribution in [0.2, 0.25) is 0 Å². The molecular weight excluding hydrogens is 327 g/mol. The molecule has 1 aromatic carbocycles. The maximum absolute atomic E-state index is 15.1. The number of halogens is 1. The molecule has 1 heterocycles. The smallest absolute Gasteiger partial charge is 0.260 e. The monoisotopic (exact) mass is 356 g/mol. The van der Waals surface area contributed by atoms with Gasteiger partial charge in [-0.15, -0.1) is 0 Å². The zero-order valence-electron chi connectivity index (χ0n) is 16.5. The zero-order valence-corrected chi connectivity index (χ0v) is 16.5. The van der Waals surface area contributed by atoms with Crippen LogP contribution in [0.4, 0.5) is 10.1 Å². The Hall–Kier alpha value is -2.23. The van der Waals surface area contributed by atoms with E-state index in [4.69, 9.17) is 0 Å². The van der Waals surface area contributed by atoms with Crippen molar-refractivity contribution in [3.05, 3.63) is 57.7 Å². The summed E-state index contributed by atoms with van der Waals surface area (Å²) < 4.78 is 15.1. The minimum Gasteiger partial charge on any atom is -0.321 e. The van der Waals surface area contributed by atoms with E-state index in [-0.39, 0.29) is 5.56 Å². The van der Waals surface area contributed by atoms with E-state index in [0.717, 1.165) is 42.5 Å². The standard InChI is InChI=1S/C22H29FN2O/c1-6-9-13-18-14(4)24-15(5)19(20(18)23)22(26)25-21-16(7-2)11-10-12-17(21)8-3/h10-12H,6-9,13H2,1-5H3,(H,25,26). The zero-order chi connectivity index (χ0) is 19.3. The molecule has 2 rings (SSSR count). The van der Waals surface area contributed by atoms with Gasteiger partial charge in [-0.1, -0.05) is 45.4 Å². The number of para-hydroxylation sites is 1. The fourth-order valence-corrected chi connectivity index (χ4v) is 3.33. The van der Waals surface area contributed by atoms with E-state index in [9.17, 15) is 4.79 Å². The Balaban J connectivity index is 2.45. The van der Waals surface area contributed by atoms with Gasteiger partial charge >= 0.3 is 0 Å². The lowest BCUT2D eigenvalue weighted by Crippen LogP contribution is -2.20. The Labute approximate surface area is 156 Å². The maximum atomic E-state index is 15.1. The molecule has 2 aromatic rings. The molecule has 1 aromatic heterocycles.